The van der Waals surface area contributed by atoms with Crippen LogP contribution < -0.4 is 10.2 Å². The largest absolute Gasteiger partial charge is 0.355 e. The topological polar surface area (TPSA) is 41.0 Å². The van der Waals surface area contributed by atoms with Gasteiger partial charge in [-0.3, -0.25) is 4.98 Å². The molecular weight excluding hydrogens is 260 g/mol. The van der Waals surface area contributed by atoms with Gasteiger partial charge >= 0.3 is 0 Å². The van der Waals surface area contributed by atoms with Gasteiger partial charge in [-0.15, -0.1) is 0 Å². The minimum Gasteiger partial charge on any atom is -0.355 e. The Labute approximate surface area is 126 Å². The van der Waals surface area contributed by atoms with Crippen molar-refractivity contribution in [3.8, 4) is 0 Å². The highest BCUT2D eigenvalue weighted by Crippen LogP contribution is 2.24. The molecule has 1 aromatic heterocycles. The zero-order valence-corrected chi connectivity index (χ0v) is 12.9. The average molecular weight is 284 g/mol. The van der Waals surface area contributed by atoms with Crippen molar-refractivity contribution in [3.05, 3.63) is 30.5 Å². The molecule has 0 spiro atoms. The fraction of sp³-hybridized carbons (Fsp3) is 0.529. The summed E-state index contributed by atoms with van der Waals surface area (Å²) in [6, 6.07) is 8.68. The van der Waals surface area contributed by atoms with E-state index in [1.165, 1.54) is 12.8 Å². The standard InChI is InChI=1S/C17H24N4/c1-3-18-13(2)14-8-10-21(11-9-14)17-12-19-15-6-4-5-7-16(15)20-17/h4-7,12-14,18H,3,8-11H2,1-2H3. The lowest BCUT2D eigenvalue weighted by Crippen LogP contribution is -2.42. The van der Waals surface area contributed by atoms with Crippen LogP contribution >= 0.6 is 0 Å². The Kier molecular flexibility index (Phi) is 4.34. The number of aromatic nitrogens is 2. The predicted molar refractivity (Wildman–Crippen MR) is 87.6 cm³/mol. The van der Waals surface area contributed by atoms with Crippen LogP contribution in [0.1, 0.15) is 26.7 Å². The van der Waals surface area contributed by atoms with E-state index in [0.717, 1.165) is 42.4 Å². The van der Waals surface area contributed by atoms with Gasteiger partial charge < -0.3 is 10.2 Å². The fourth-order valence-corrected chi connectivity index (χ4v) is 3.22. The van der Waals surface area contributed by atoms with Gasteiger partial charge in [0.15, 0.2) is 0 Å². The Morgan fingerprint density at radius 2 is 1.95 bits per heavy atom. The van der Waals surface area contributed by atoms with E-state index in [0.29, 0.717) is 6.04 Å². The van der Waals surface area contributed by atoms with Gasteiger partial charge in [-0.1, -0.05) is 19.1 Å². The van der Waals surface area contributed by atoms with Crippen molar-refractivity contribution < 1.29 is 0 Å². The second-order valence-electron chi connectivity index (χ2n) is 5.89. The van der Waals surface area contributed by atoms with Crippen LogP contribution in [0.25, 0.3) is 11.0 Å². The van der Waals surface area contributed by atoms with Crippen LogP contribution in [0.4, 0.5) is 5.82 Å². The molecule has 1 unspecified atom stereocenters. The first-order chi connectivity index (χ1) is 10.3. The number of hydrogen-bond donors (Lipinski definition) is 1. The van der Waals surface area contributed by atoms with Crippen molar-refractivity contribution in [2.24, 2.45) is 5.92 Å². The molecule has 4 heteroatoms. The van der Waals surface area contributed by atoms with E-state index in [1.807, 2.05) is 30.5 Å². The maximum atomic E-state index is 4.75. The van der Waals surface area contributed by atoms with Crippen LogP contribution in [0.5, 0.6) is 0 Å². The molecule has 1 fully saturated rings. The van der Waals surface area contributed by atoms with Crippen LogP contribution in [0.2, 0.25) is 0 Å². The van der Waals surface area contributed by atoms with Gasteiger partial charge in [-0.25, -0.2) is 4.98 Å². The predicted octanol–water partition coefficient (Wildman–Crippen LogP) is 2.84. The summed E-state index contributed by atoms with van der Waals surface area (Å²) in [6.45, 7) is 7.69. The number of hydrogen-bond acceptors (Lipinski definition) is 4. The summed E-state index contributed by atoms with van der Waals surface area (Å²) in [5, 5.41) is 3.55. The van der Waals surface area contributed by atoms with Crippen molar-refractivity contribution in [2.45, 2.75) is 32.7 Å². The average Bonchev–Trinajstić information content (AvgIpc) is 2.55. The third-order valence-corrected chi connectivity index (χ3v) is 4.53. The molecular formula is C17H24N4. The maximum absolute atomic E-state index is 4.75. The molecule has 1 saturated heterocycles. The Balaban J connectivity index is 1.68. The molecule has 0 bridgehead atoms. The van der Waals surface area contributed by atoms with Crippen LogP contribution in [-0.2, 0) is 0 Å². The maximum Gasteiger partial charge on any atom is 0.147 e. The molecule has 1 N–H and O–H groups in total. The van der Waals surface area contributed by atoms with E-state index >= 15 is 0 Å². The van der Waals surface area contributed by atoms with E-state index in [2.05, 4.69) is 29.0 Å². The fourth-order valence-electron chi connectivity index (χ4n) is 3.22. The number of para-hydroxylation sites is 2. The lowest BCUT2D eigenvalue weighted by Gasteiger charge is -2.35. The molecule has 2 aromatic rings. The number of benzene rings is 1. The van der Waals surface area contributed by atoms with Gasteiger partial charge in [-0.05, 0) is 44.4 Å². The number of fused-ring (bicyclic) bond motifs is 1. The molecule has 0 radical (unpaired) electrons. The third-order valence-electron chi connectivity index (χ3n) is 4.53. The first-order valence-electron chi connectivity index (χ1n) is 7.98. The third kappa shape index (κ3) is 3.16. The Bertz CT molecular complexity index is 590. The minimum absolute atomic E-state index is 0.611. The van der Waals surface area contributed by atoms with E-state index < -0.39 is 0 Å². The molecule has 0 saturated carbocycles. The summed E-state index contributed by atoms with van der Waals surface area (Å²) in [7, 11) is 0. The SMILES string of the molecule is CCNC(C)C1CCN(c2cnc3ccccc3n2)CC1. The minimum atomic E-state index is 0.611. The summed E-state index contributed by atoms with van der Waals surface area (Å²) in [6.07, 6.45) is 4.36. The van der Waals surface area contributed by atoms with Gasteiger partial charge in [0, 0.05) is 19.1 Å². The van der Waals surface area contributed by atoms with Crippen molar-refractivity contribution >= 4 is 16.9 Å². The molecule has 2 heterocycles. The molecule has 112 valence electrons. The molecule has 21 heavy (non-hydrogen) atoms. The lowest BCUT2D eigenvalue weighted by atomic mass is 9.90. The van der Waals surface area contributed by atoms with Crippen LogP contribution in [-0.4, -0.2) is 35.6 Å². The Morgan fingerprint density at radius 3 is 2.67 bits per heavy atom. The van der Waals surface area contributed by atoms with Crippen LogP contribution in [0, 0.1) is 5.92 Å². The van der Waals surface area contributed by atoms with Gasteiger partial charge in [-0.2, -0.15) is 0 Å². The van der Waals surface area contributed by atoms with E-state index in [1.54, 1.807) is 0 Å². The number of nitrogens with zero attached hydrogens (tertiary/aromatic N) is 3. The van der Waals surface area contributed by atoms with Crippen molar-refractivity contribution in [1.29, 1.82) is 0 Å². The van der Waals surface area contributed by atoms with Crippen molar-refractivity contribution in [3.63, 3.8) is 0 Å². The molecule has 1 aromatic carbocycles. The van der Waals surface area contributed by atoms with Crippen molar-refractivity contribution in [2.75, 3.05) is 24.5 Å². The highest BCUT2D eigenvalue weighted by molar-refractivity contribution is 5.75. The second-order valence-corrected chi connectivity index (χ2v) is 5.89. The molecule has 3 rings (SSSR count). The Morgan fingerprint density at radius 1 is 1.24 bits per heavy atom. The highest BCUT2D eigenvalue weighted by atomic mass is 15.2. The lowest BCUT2D eigenvalue weighted by molar-refractivity contribution is 0.314. The zero-order chi connectivity index (χ0) is 14.7. The smallest absolute Gasteiger partial charge is 0.147 e. The summed E-state index contributed by atoms with van der Waals surface area (Å²) in [4.78, 5) is 11.6. The first-order valence-corrected chi connectivity index (χ1v) is 7.98. The first kappa shape index (κ1) is 14.3. The number of piperidine rings is 1. The summed E-state index contributed by atoms with van der Waals surface area (Å²) in [5.41, 5.74) is 1.95. The molecule has 1 aliphatic heterocycles. The molecule has 0 aliphatic carbocycles. The van der Waals surface area contributed by atoms with E-state index in [-0.39, 0.29) is 0 Å². The summed E-state index contributed by atoms with van der Waals surface area (Å²) < 4.78 is 0. The molecule has 0 amide bonds. The zero-order valence-electron chi connectivity index (χ0n) is 12.9. The molecule has 1 aliphatic rings. The highest BCUT2D eigenvalue weighted by Gasteiger charge is 2.24. The summed E-state index contributed by atoms with van der Waals surface area (Å²) >= 11 is 0. The van der Waals surface area contributed by atoms with Gasteiger partial charge in [0.1, 0.15) is 5.82 Å². The van der Waals surface area contributed by atoms with Crippen LogP contribution in [0.15, 0.2) is 30.5 Å². The number of nitrogens with one attached hydrogen (secondary N) is 1. The number of rotatable bonds is 4. The van der Waals surface area contributed by atoms with E-state index in [9.17, 15) is 0 Å². The van der Waals surface area contributed by atoms with Crippen LogP contribution in [0.3, 0.4) is 0 Å². The monoisotopic (exact) mass is 284 g/mol. The van der Waals surface area contributed by atoms with Crippen molar-refractivity contribution in [1.82, 2.24) is 15.3 Å². The quantitative estimate of drug-likeness (QED) is 0.937. The molecule has 4 nitrogen and oxygen atoms in total. The second kappa shape index (κ2) is 6.39. The Hall–Kier alpha value is -1.68. The normalized spacial score (nSPS) is 18.1. The number of anilines is 1. The van der Waals surface area contributed by atoms with Gasteiger partial charge in [0.25, 0.3) is 0 Å². The molecule has 1 atom stereocenters. The van der Waals surface area contributed by atoms with Gasteiger partial charge in [0.05, 0.1) is 17.2 Å². The van der Waals surface area contributed by atoms with Gasteiger partial charge in [0.2, 0.25) is 0 Å². The van der Waals surface area contributed by atoms with E-state index in [4.69, 9.17) is 4.98 Å². The summed E-state index contributed by atoms with van der Waals surface area (Å²) in [5.74, 6) is 1.79.